The molecule has 3 aliphatic rings. The number of piperidine rings is 2. The Bertz CT molecular complexity index is 482. The highest BCUT2D eigenvalue weighted by Crippen LogP contribution is 2.28. The van der Waals surface area contributed by atoms with Crippen molar-refractivity contribution in [3.8, 4) is 0 Å². The van der Waals surface area contributed by atoms with Gasteiger partial charge in [0.25, 0.3) is 0 Å². The number of rotatable bonds is 6. The fourth-order valence-corrected chi connectivity index (χ4v) is 5.13. The third-order valence-electron chi connectivity index (χ3n) is 7.02. The number of hydrogen-bond donors (Lipinski definition) is 1. The summed E-state index contributed by atoms with van der Waals surface area (Å²) in [7, 11) is 0. The maximum absolute atomic E-state index is 12.6. The summed E-state index contributed by atoms with van der Waals surface area (Å²) in [6, 6.07) is 0.654. The van der Waals surface area contributed by atoms with Crippen LogP contribution in [0.4, 0.5) is 0 Å². The standard InChI is InChI=1S/C22H39N3O2/c1-18-7-5-6-13-24(18)16-12-23-21(26)17-19-10-14-25(15-11-19)22(27)20-8-3-2-4-9-20/h18-20H,2-17H2,1H3,(H,23,26). The van der Waals surface area contributed by atoms with Crippen molar-refractivity contribution in [2.75, 3.05) is 32.7 Å². The summed E-state index contributed by atoms with van der Waals surface area (Å²) in [6.07, 6.45) is 12.4. The van der Waals surface area contributed by atoms with E-state index in [-0.39, 0.29) is 11.8 Å². The minimum absolute atomic E-state index is 0.191. The largest absolute Gasteiger partial charge is 0.355 e. The molecule has 0 aromatic rings. The molecule has 5 heteroatoms. The third kappa shape index (κ3) is 6.20. The molecule has 2 heterocycles. The van der Waals surface area contributed by atoms with Gasteiger partial charge in [-0.2, -0.15) is 0 Å². The van der Waals surface area contributed by atoms with Crippen LogP contribution < -0.4 is 5.32 Å². The van der Waals surface area contributed by atoms with Gasteiger partial charge in [-0.25, -0.2) is 0 Å². The Morgan fingerprint density at radius 2 is 1.59 bits per heavy atom. The number of likely N-dealkylation sites (tertiary alicyclic amines) is 2. The normalized spacial score (nSPS) is 26.1. The molecule has 0 spiro atoms. The topological polar surface area (TPSA) is 52.7 Å². The van der Waals surface area contributed by atoms with Gasteiger partial charge in [-0.3, -0.25) is 14.5 Å². The van der Waals surface area contributed by atoms with Crippen molar-refractivity contribution in [2.45, 2.75) is 83.6 Å². The van der Waals surface area contributed by atoms with E-state index < -0.39 is 0 Å². The number of nitrogens with zero attached hydrogens (tertiary/aromatic N) is 2. The van der Waals surface area contributed by atoms with Gasteiger partial charge in [0, 0.05) is 44.6 Å². The van der Waals surface area contributed by atoms with E-state index in [9.17, 15) is 9.59 Å². The van der Waals surface area contributed by atoms with Crippen LogP contribution in [0.5, 0.6) is 0 Å². The van der Waals surface area contributed by atoms with E-state index in [0.29, 0.717) is 24.3 Å². The lowest BCUT2D eigenvalue weighted by atomic mass is 9.87. The van der Waals surface area contributed by atoms with Gasteiger partial charge in [0.1, 0.15) is 0 Å². The van der Waals surface area contributed by atoms with E-state index in [1.54, 1.807) is 0 Å². The smallest absolute Gasteiger partial charge is 0.225 e. The van der Waals surface area contributed by atoms with E-state index in [4.69, 9.17) is 0 Å². The molecule has 1 N–H and O–H groups in total. The Morgan fingerprint density at radius 1 is 0.889 bits per heavy atom. The fraction of sp³-hybridized carbons (Fsp3) is 0.909. The zero-order valence-corrected chi connectivity index (χ0v) is 17.3. The van der Waals surface area contributed by atoms with Gasteiger partial charge in [-0.15, -0.1) is 0 Å². The van der Waals surface area contributed by atoms with Gasteiger partial charge in [0.2, 0.25) is 11.8 Å². The second-order valence-electron chi connectivity index (χ2n) is 9.04. The van der Waals surface area contributed by atoms with Crippen LogP contribution in [-0.4, -0.2) is 60.4 Å². The molecule has 0 bridgehead atoms. The Hall–Kier alpha value is -1.10. The van der Waals surface area contributed by atoms with E-state index in [2.05, 4.69) is 22.0 Å². The maximum Gasteiger partial charge on any atom is 0.225 e. The van der Waals surface area contributed by atoms with Gasteiger partial charge in [0.15, 0.2) is 0 Å². The predicted octanol–water partition coefficient (Wildman–Crippen LogP) is 3.19. The zero-order chi connectivity index (χ0) is 19.1. The highest BCUT2D eigenvalue weighted by atomic mass is 16.2. The van der Waals surface area contributed by atoms with E-state index in [1.807, 2.05) is 0 Å². The molecule has 27 heavy (non-hydrogen) atoms. The molecule has 1 saturated carbocycles. The Labute approximate surface area is 165 Å². The number of carbonyl (C=O) groups is 2. The van der Waals surface area contributed by atoms with Crippen molar-refractivity contribution in [3.63, 3.8) is 0 Å². The van der Waals surface area contributed by atoms with Crippen molar-refractivity contribution in [3.05, 3.63) is 0 Å². The summed E-state index contributed by atoms with van der Waals surface area (Å²) < 4.78 is 0. The summed E-state index contributed by atoms with van der Waals surface area (Å²) in [5.74, 6) is 1.29. The first-order valence-corrected chi connectivity index (χ1v) is 11.4. The van der Waals surface area contributed by atoms with Crippen LogP contribution in [0.2, 0.25) is 0 Å². The monoisotopic (exact) mass is 377 g/mol. The molecular weight excluding hydrogens is 338 g/mol. The van der Waals surface area contributed by atoms with Crippen molar-refractivity contribution in [1.82, 2.24) is 15.1 Å². The van der Waals surface area contributed by atoms with Crippen LogP contribution in [0.1, 0.15) is 77.6 Å². The lowest BCUT2D eigenvalue weighted by molar-refractivity contribution is -0.138. The molecule has 3 fully saturated rings. The minimum Gasteiger partial charge on any atom is -0.355 e. The van der Waals surface area contributed by atoms with Crippen molar-refractivity contribution >= 4 is 11.8 Å². The second-order valence-corrected chi connectivity index (χ2v) is 9.04. The molecule has 0 aromatic heterocycles. The first kappa shape index (κ1) is 20.6. The third-order valence-corrected chi connectivity index (χ3v) is 7.02. The highest BCUT2D eigenvalue weighted by molar-refractivity contribution is 5.79. The molecular formula is C22H39N3O2. The number of amides is 2. The highest BCUT2D eigenvalue weighted by Gasteiger charge is 2.29. The molecule has 0 radical (unpaired) electrons. The molecule has 5 nitrogen and oxygen atoms in total. The van der Waals surface area contributed by atoms with E-state index in [0.717, 1.165) is 51.9 Å². The van der Waals surface area contributed by atoms with Crippen LogP contribution >= 0.6 is 0 Å². The average Bonchev–Trinajstić information content (AvgIpc) is 2.70. The van der Waals surface area contributed by atoms with Crippen LogP contribution in [0.3, 0.4) is 0 Å². The summed E-state index contributed by atoms with van der Waals surface area (Å²) >= 11 is 0. The van der Waals surface area contributed by atoms with Gasteiger partial charge in [0.05, 0.1) is 0 Å². The molecule has 0 aromatic carbocycles. The number of hydrogen-bond acceptors (Lipinski definition) is 3. The van der Waals surface area contributed by atoms with Crippen LogP contribution in [0, 0.1) is 11.8 Å². The van der Waals surface area contributed by atoms with Crippen molar-refractivity contribution in [1.29, 1.82) is 0 Å². The molecule has 1 atom stereocenters. The van der Waals surface area contributed by atoms with Gasteiger partial charge >= 0.3 is 0 Å². The second kappa shape index (κ2) is 10.4. The first-order chi connectivity index (χ1) is 13.1. The van der Waals surface area contributed by atoms with Crippen LogP contribution in [-0.2, 0) is 9.59 Å². The zero-order valence-electron chi connectivity index (χ0n) is 17.3. The summed E-state index contributed by atoms with van der Waals surface area (Å²) in [4.78, 5) is 29.5. The predicted molar refractivity (Wildman–Crippen MR) is 108 cm³/mol. The molecule has 154 valence electrons. The Kier molecular flexibility index (Phi) is 7.98. The van der Waals surface area contributed by atoms with Crippen molar-refractivity contribution < 1.29 is 9.59 Å². The molecule has 2 saturated heterocycles. The minimum atomic E-state index is 0.191. The number of carbonyl (C=O) groups excluding carboxylic acids is 2. The van der Waals surface area contributed by atoms with Gasteiger partial charge in [-0.05, 0) is 57.9 Å². The Morgan fingerprint density at radius 3 is 2.30 bits per heavy atom. The molecule has 1 unspecified atom stereocenters. The maximum atomic E-state index is 12.6. The number of nitrogens with one attached hydrogen (secondary N) is 1. The lowest BCUT2D eigenvalue weighted by Gasteiger charge is -2.35. The summed E-state index contributed by atoms with van der Waals surface area (Å²) in [6.45, 7) is 6.90. The van der Waals surface area contributed by atoms with Crippen LogP contribution in [0.15, 0.2) is 0 Å². The average molecular weight is 378 g/mol. The van der Waals surface area contributed by atoms with E-state index in [1.165, 1.54) is 45.1 Å². The molecule has 2 aliphatic heterocycles. The lowest BCUT2D eigenvalue weighted by Crippen LogP contribution is -2.44. The first-order valence-electron chi connectivity index (χ1n) is 11.4. The van der Waals surface area contributed by atoms with Gasteiger partial charge in [-0.1, -0.05) is 25.7 Å². The SMILES string of the molecule is CC1CCCCN1CCNC(=O)CC1CCN(C(=O)C2CCCCC2)CC1. The molecule has 2 amide bonds. The van der Waals surface area contributed by atoms with Gasteiger partial charge < -0.3 is 10.2 Å². The summed E-state index contributed by atoms with van der Waals surface area (Å²) in [5.41, 5.74) is 0. The van der Waals surface area contributed by atoms with Crippen molar-refractivity contribution in [2.24, 2.45) is 11.8 Å². The van der Waals surface area contributed by atoms with E-state index >= 15 is 0 Å². The quantitative estimate of drug-likeness (QED) is 0.773. The Balaban J connectivity index is 1.30. The molecule has 1 aliphatic carbocycles. The van der Waals surface area contributed by atoms with Crippen LogP contribution in [0.25, 0.3) is 0 Å². The molecule has 3 rings (SSSR count). The summed E-state index contributed by atoms with van der Waals surface area (Å²) in [5, 5.41) is 3.12. The fourth-order valence-electron chi connectivity index (χ4n) is 5.13.